The van der Waals surface area contributed by atoms with Gasteiger partial charge in [0.25, 0.3) is 0 Å². The van der Waals surface area contributed by atoms with E-state index in [0.29, 0.717) is 28.7 Å². The minimum atomic E-state index is -0.850. The first-order valence-corrected chi connectivity index (χ1v) is 11.4. The number of hydrogen-bond donors (Lipinski definition) is 2. The van der Waals surface area contributed by atoms with Gasteiger partial charge in [0.15, 0.2) is 0 Å². The van der Waals surface area contributed by atoms with Gasteiger partial charge in [-0.05, 0) is 54.8 Å². The molecule has 1 atom stereocenters. The number of carboxylic acid groups (broad SMARTS) is 1. The van der Waals surface area contributed by atoms with Crippen LogP contribution in [-0.4, -0.2) is 28.2 Å². The second-order valence-electron chi connectivity index (χ2n) is 7.97. The lowest BCUT2D eigenvalue weighted by atomic mass is 9.94. The maximum atomic E-state index is 11.8. The molecule has 170 valence electrons. The van der Waals surface area contributed by atoms with Crippen molar-refractivity contribution < 1.29 is 14.6 Å². The molecule has 2 aromatic carbocycles. The number of benzene rings is 2. The summed E-state index contributed by atoms with van der Waals surface area (Å²) in [7, 11) is 1.62. The van der Waals surface area contributed by atoms with Crippen LogP contribution in [0.3, 0.4) is 0 Å². The predicted octanol–water partition coefficient (Wildman–Crippen LogP) is 5.54. The molecule has 0 aliphatic carbocycles. The molecular formula is C25H26N4O3S. The third kappa shape index (κ3) is 7.22. The number of nitrogens with one attached hydrogen (secondary N) is 1. The van der Waals surface area contributed by atoms with Crippen molar-refractivity contribution in [1.82, 2.24) is 9.97 Å². The van der Waals surface area contributed by atoms with Gasteiger partial charge < -0.3 is 15.2 Å². The molecule has 0 spiro atoms. The van der Waals surface area contributed by atoms with Crippen molar-refractivity contribution in [2.75, 3.05) is 12.4 Å². The van der Waals surface area contributed by atoms with Crippen molar-refractivity contribution in [2.45, 2.75) is 36.6 Å². The summed E-state index contributed by atoms with van der Waals surface area (Å²) in [5, 5.41) is 22.8. The number of aliphatic carboxylic acids is 1. The molecular weight excluding hydrogens is 436 g/mol. The summed E-state index contributed by atoms with van der Waals surface area (Å²) < 4.78 is 5.22. The van der Waals surface area contributed by atoms with E-state index in [0.717, 1.165) is 16.3 Å². The number of rotatable bonds is 10. The van der Waals surface area contributed by atoms with E-state index in [1.54, 1.807) is 25.3 Å². The zero-order chi connectivity index (χ0) is 23.8. The molecule has 1 aromatic heterocycles. The van der Waals surface area contributed by atoms with Gasteiger partial charge in [0, 0.05) is 23.1 Å². The highest BCUT2D eigenvalue weighted by atomic mass is 32.2. The molecule has 0 unspecified atom stereocenters. The molecule has 2 N–H and O–H groups in total. The van der Waals surface area contributed by atoms with Crippen LogP contribution in [0.5, 0.6) is 5.75 Å². The van der Waals surface area contributed by atoms with Crippen LogP contribution in [-0.2, 0) is 11.2 Å². The molecule has 8 heteroatoms. The van der Waals surface area contributed by atoms with Crippen LogP contribution in [0, 0.1) is 23.2 Å². The summed E-state index contributed by atoms with van der Waals surface area (Å²) >= 11 is 1.46. The number of nitrogens with zero attached hydrogens (tertiary/aromatic N) is 3. The fourth-order valence-corrected chi connectivity index (χ4v) is 4.16. The van der Waals surface area contributed by atoms with Crippen molar-refractivity contribution in [3.05, 3.63) is 66.0 Å². The number of aromatic nitrogens is 2. The van der Waals surface area contributed by atoms with Crippen molar-refractivity contribution in [2.24, 2.45) is 11.8 Å². The first kappa shape index (κ1) is 24.1. The number of methoxy groups -OCH3 is 1. The number of carboxylic acids is 1. The summed E-state index contributed by atoms with van der Waals surface area (Å²) in [6.07, 6.45) is 0.777. The van der Waals surface area contributed by atoms with E-state index < -0.39 is 11.9 Å². The molecule has 0 radical (unpaired) electrons. The minimum absolute atomic E-state index is 0.234. The van der Waals surface area contributed by atoms with Crippen LogP contribution in [0.15, 0.2) is 64.5 Å². The lowest BCUT2D eigenvalue weighted by Crippen LogP contribution is -2.20. The summed E-state index contributed by atoms with van der Waals surface area (Å²) in [6, 6.07) is 18.7. The van der Waals surface area contributed by atoms with Gasteiger partial charge in [-0.1, -0.05) is 31.7 Å². The Labute approximate surface area is 197 Å². The SMILES string of the molecule is COc1ccc(Sc2cc(Nc3cccc(C#N)c3)nc(C[C@H](CC(C)C)C(=O)O)n2)cc1. The van der Waals surface area contributed by atoms with E-state index in [1.807, 2.05) is 50.2 Å². The highest BCUT2D eigenvalue weighted by Gasteiger charge is 2.21. The van der Waals surface area contributed by atoms with Gasteiger partial charge >= 0.3 is 5.97 Å². The summed E-state index contributed by atoms with van der Waals surface area (Å²) in [4.78, 5) is 22.0. The molecule has 0 aliphatic rings. The van der Waals surface area contributed by atoms with Crippen molar-refractivity contribution in [1.29, 1.82) is 5.26 Å². The number of hydrogen-bond acceptors (Lipinski definition) is 7. The molecule has 0 saturated heterocycles. The van der Waals surface area contributed by atoms with Gasteiger partial charge in [0.05, 0.1) is 24.7 Å². The first-order chi connectivity index (χ1) is 15.9. The van der Waals surface area contributed by atoms with Crippen LogP contribution in [0.25, 0.3) is 0 Å². The Balaban J connectivity index is 1.92. The van der Waals surface area contributed by atoms with Crippen LogP contribution < -0.4 is 10.1 Å². The largest absolute Gasteiger partial charge is 0.497 e. The van der Waals surface area contributed by atoms with Gasteiger partial charge in [-0.25, -0.2) is 9.97 Å². The maximum absolute atomic E-state index is 11.8. The van der Waals surface area contributed by atoms with Gasteiger partial charge in [-0.2, -0.15) is 5.26 Å². The fraction of sp³-hybridized carbons (Fsp3) is 0.280. The second-order valence-corrected chi connectivity index (χ2v) is 9.07. The Morgan fingerprint density at radius 3 is 2.58 bits per heavy atom. The molecule has 0 bridgehead atoms. The van der Waals surface area contributed by atoms with Gasteiger partial charge in [-0.15, -0.1) is 0 Å². The summed E-state index contributed by atoms with van der Waals surface area (Å²) in [5.41, 5.74) is 1.25. The van der Waals surface area contributed by atoms with E-state index in [4.69, 9.17) is 10.00 Å². The normalized spacial score (nSPS) is 11.6. The molecule has 0 fully saturated rings. The maximum Gasteiger partial charge on any atom is 0.306 e. The molecule has 0 aliphatic heterocycles. The van der Waals surface area contributed by atoms with Crippen LogP contribution in [0.1, 0.15) is 31.7 Å². The predicted molar refractivity (Wildman–Crippen MR) is 128 cm³/mol. The standard InChI is InChI=1S/C25H26N4O3S/c1-16(2)11-18(25(30)31)13-22-28-23(27-19-6-4-5-17(12-19)15-26)14-24(29-22)33-21-9-7-20(32-3)8-10-21/h4-10,12,14,16,18H,11,13H2,1-3H3,(H,30,31)(H,27,28,29)/t18-/m0/s1. The van der Waals surface area contributed by atoms with Gasteiger partial charge in [0.2, 0.25) is 0 Å². The average molecular weight is 463 g/mol. The molecule has 3 aromatic rings. The Kier molecular flexibility index (Phi) is 8.28. The Bertz CT molecular complexity index is 1140. The van der Waals surface area contributed by atoms with Crippen LogP contribution in [0.2, 0.25) is 0 Å². The average Bonchev–Trinajstić information content (AvgIpc) is 2.79. The Morgan fingerprint density at radius 2 is 1.94 bits per heavy atom. The highest BCUT2D eigenvalue weighted by molar-refractivity contribution is 7.99. The lowest BCUT2D eigenvalue weighted by Gasteiger charge is -2.15. The van der Waals surface area contributed by atoms with E-state index in [9.17, 15) is 9.90 Å². The summed E-state index contributed by atoms with van der Waals surface area (Å²) in [6.45, 7) is 4.00. The zero-order valence-electron chi connectivity index (χ0n) is 18.8. The van der Waals surface area contributed by atoms with Crippen molar-refractivity contribution in [3.8, 4) is 11.8 Å². The highest BCUT2D eigenvalue weighted by Crippen LogP contribution is 2.30. The number of carbonyl (C=O) groups is 1. The van der Waals surface area contributed by atoms with Gasteiger partial charge in [-0.3, -0.25) is 4.79 Å². The molecule has 7 nitrogen and oxygen atoms in total. The Hall–Kier alpha value is -3.57. The third-order valence-corrected chi connectivity index (χ3v) is 5.76. The van der Waals surface area contributed by atoms with E-state index in [2.05, 4.69) is 21.4 Å². The molecule has 33 heavy (non-hydrogen) atoms. The lowest BCUT2D eigenvalue weighted by molar-refractivity contribution is -0.142. The Morgan fingerprint density at radius 1 is 1.18 bits per heavy atom. The van der Waals surface area contributed by atoms with Crippen molar-refractivity contribution >= 4 is 29.2 Å². The zero-order valence-corrected chi connectivity index (χ0v) is 19.6. The van der Waals surface area contributed by atoms with E-state index >= 15 is 0 Å². The third-order valence-electron chi connectivity index (χ3n) is 4.83. The second kappa shape index (κ2) is 11.3. The van der Waals surface area contributed by atoms with E-state index in [-0.39, 0.29) is 12.3 Å². The van der Waals surface area contributed by atoms with Gasteiger partial charge in [0.1, 0.15) is 22.4 Å². The quantitative estimate of drug-likeness (QED) is 0.378. The molecule has 0 saturated carbocycles. The number of anilines is 2. The molecule has 1 heterocycles. The molecule has 0 amide bonds. The van der Waals surface area contributed by atoms with Crippen molar-refractivity contribution in [3.63, 3.8) is 0 Å². The topological polar surface area (TPSA) is 108 Å². The number of ether oxygens (including phenoxy) is 1. The summed E-state index contributed by atoms with van der Waals surface area (Å²) in [5.74, 6) is 0.591. The van der Waals surface area contributed by atoms with Crippen LogP contribution >= 0.6 is 11.8 Å². The smallest absolute Gasteiger partial charge is 0.306 e. The van der Waals surface area contributed by atoms with Crippen LogP contribution in [0.4, 0.5) is 11.5 Å². The molecule has 3 rings (SSSR count). The first-order valence-electron chi connectivity index (χ1n) is 10.6. The number of nitriles is 1. The monoisotopic (exact) mass is 462 g/mol. The minimum Gasteiger partial charge on any atom is -0.497 e. The van der Waals surface area contributed by atoms with E-state index in [1.165, 1.54) is 11.8 Å². The fourth-order valence-electron chi connectivity index (χ4n) is 3.32.